The Labute approximate surface area is 105 Å². The first-order chi connectivity index (χ1) is 6.93. The van der Waals surface area contributed by atoms with Crippen LogP contribution in [0.3, 0.4) is 0 Å². The molecule has 1 aliphatic rings. The highest BCUT2D eigenvalue weighted by Crippen LogP contribution is 2.27. The van der Waals surface area contributed by atoms with Crippen molar-refractivity contribution in [3.63, 3.8) is 0 Å². The van der Waals surface area contributed by atoms with E-state index < -0.39 is 0 Å². The van der Waals surface area contributed by atoms with Crippen LogP contribution in [0.5, 0.6) is 0 Å². The summed E-state index contributed by atoms with van der Waals surface area (Å²) in [5.41, 5.74) is -0.203. The molecule has 4 heteroatoms. The van der Waals surface area contributed by atoms with E-state index in [0.717, 1.165) is 32.6 Å². The molecule has 1 saturated heterocycles. The third-order valence-corrected chi connectivity index (χ3v) is 2.90. The Balaban J connectivity index is 0.00000225. The Bertz CT molecular complexity index is 223. The molecule has 1 fully saturated rings. The second-order valence-corrected chi connectivity index (χ2v) is 5.52. The molecule has 3 nitrogen and oxygen atoms in total. The Kier molecular flexibility index (Phi) is 6.34. The van der Waals surface area contributed by atoms with E-state index in [2.05, 4.69) is 33.0 Å². The van der Waals surface area contributed by atoms with Gasteiger partial charge >= 0.3 is 0 Å². The third kappa shape index (κ3) is 4.30. The summed E-state index contributed by atoms with van der Waals surface area (Å²) >= 11 is 0. The molecule has 1 aliphatic heterocycles. The molecule has 0 unspecified atom stereocenters. The van der Waals surface area contributed by atoms with Gasteiger partial charge in [0.2, 0.25) is 5.91 Å². The quantitative estimate of drug-likeness (QED) is 0.828. The van der Waals surface area contributed by atoms with Crippen LogP contribution in [0.15, 0.2) is 0 Å². The van der Waals surface area contributed by atoms with Crippen molar-refractivity contribution in [1.82, 2.24) is 10.2 Å². The van der Waals surface area contributed by atoms with E-state index in [1.165, 1.54) is 0 Å². The molecule has 0 saturated carbocycles. The number of carbonyl (C=O) groups excluding carboxylic acids is 1. The molecule has 0 aromatic carbocycles. The Morgan fingerprint density at radius 2 is 1.81 bits per heavy atom. The van der Waals surface area contributed by atoms with Crippen LogP contribution in [-0.4, -0.2) is 37.0 Å². The molecule has 1 rings (SSSR count). The summed E-state index contributed by atoms with van der Waals surface area (Å²) in [5, 5.41) is 3.27. The van der Waals surface area contributed by atoms with E-state index in [0.29, 0.717) is 11.8 Å². The van der Waals surface area contributed by atoms with Crippen molar-refractivity contribution in [2.24, 2.45) is 11.3 Å². The zero-order chi connectivity index (χ0) is 11.5. The van der Waals surface area contributed by atoms with Gasteiger partial charge in [0.05, 0.1) is 0 Å². The van der Waals surface area contributed by atoms with Crippen molar-refractivity contribution in [1.29, 1.82) is 0 Å². The average Bonchev–Trinajstić information content (AvgIpc) is 2.16. The second-order valence-electron chi connectivity index (χ2n) is 5.52. The minimum Gasteiger partial charge on any atom is -0.340 e. The van der Waals surface area contributed by atoms with Gasteiger partial charge in [-0.2, -0.15) is 0 Å². The molecule has 1 N–H and O–H groups in total. The number of amides is 1. The number of piperazine rings is 1. The van der Waals surface area contributed by atoms with Crippen LogP contribution in [0.2, 0.25) is 0 Å². The lowest BCUT2D eigenvalue weighted by molar-refractivity contribution is -0.141. The maximum absolute atomic E-state index is 12.3. The maximum atomic E-state index is 12.3. The number of hydrogen-bond acceptors (Lipinski definition) is 2. The van der Waals surface area contributed by atoms with E-state index in [-0.39, 0.29) is 17.8 Å². The van der Waals surface area contributed by atoms with E-state index in [1.54, 1.807) is 0 Å². The average molecular weight is 249 g/mol. The van der Waals surface area contributed by atoms with Gasteiger partial charge < -0.3 is 10.2 Å². The van der Waals surface area contributed by atoms with Gasteiger partial charge in [0.15, 0.2) is 0 Å². The Hall–Kier alpha value is -0.280. The fraction of sp³-hybridized carbons (Fsp3) is 0.917. The summed E-state index contributed by atoms with van der Waals surface area (Å²) in [7, 11) is 0. The van der Waals surface area contributed by atoms with E-state index in [4.69, 9.17) is 0 Å². The van der Waals surface area contributed by atoms with Gasteiger partial charge in [-0.1, -0.05) is 27.7 Å². The third-order valence-electron chi connectivity index (χ3n) is 2.90. The highest BCUT2D eigenvalue weighted by atomic mass is 35.5. The summed E-state index contributed by atoms with van der Waals surface area (Å²) in [6.07, 6.45) is 0.968. The van der Waals surface area contributed by atoms with Crippen molar-refractivity contribution < 1.29 is 4.79 Å². The van der Waals surface area contributed by atoms with Crippen molar-refractivity contribution >= 4 is 18.3 Å². The van der Waals surface area contributed by atoms with Crippen molar-refractivity contribution in [2.45, 2.75) is 34.1 Å². The normalized spacial score (nSPS) is 17.2. The first-order valence-electron chi connectivity index (χ1n) is 5.93. The SMILES string of the molecule is CC(C)CC(C)(C)C(=O)N1CCNCC1.Cl. The number of carbonyl (C=O) groups is 1. The first-order valence-corrected chi connectivity index (χ1v) is 5.93. The molecule has 1 amide bonds. The molecule has 0 atom stereocenters. The van der Waals surface area contributed by atoms with Crippen LogP contribution in [0.4, 0.5) is 0 Å². The second kappa shape index (κ2) is 6.45. The first kappa shape index (κ1) is 15.7. The molecule has 96 valence electrons. The topological polar surface area (TPSA) is 32.3 Å². The predicted octanol–water partition coefficient (Wildman–Crippen LogP) is 1.91. The number of nitrogens with zero attached hydrogens (tertiary/aromatic N) is 1. The summed E-state index contributed by atoms with van der Waals surface area (Å²) in [6, 6.07) is 0. The lowest BCUT2D eigenvalue weighted by Crippen LogP contribution is -2.50. The largest absolute Gasteiger partial charge is 0.340 e. The van der Waals surface area contributed by atoms with Crippen LogP contribution >= 0.6 is 12.4 Å². The summed E-state index contributed by atoms with van der Waals surface area (Å²) in [5.74, 6) is 0.893. The van der Waals surface area contributed by atoms with Crippen LogP contribution in [0.25, 0.3) is 0 Å². The number of nitrogens with one attached hydrogen (secondary N) is 1. The van der Waals surface area contributed by atoms with Gasteiger partial charge in [-0.15, -0.1) is 12.4 Å². The van der Waals surface area contributed by atoms with Crippen molar-refractivity contribution in [3.05, 3.63) is 0 Å². The Morgan fingerprint density at radius 3 is 2.25 bits per heavy atom. The van der Waals surface area contributed by atoms with E-state index in [9.17, 15) is 4.79 Å². The van der Waals surface area contributed by atoms with Gasteiger partial charge in [0, 0.05) is 31.6 Å². The molecule has 0 aliphatic carbocycles. The molecular weight excluding hydrogens is 224 g/mol. The molecule has 0 radical (unpaired) electrons. The molecular formula is C12H25ClN2O. The molecule has 16 heavy (non-hydrogen) atoms. The fourth-order valence-corrected chi connectivity index (χ4v) is 2.40. The van der Waals surface area contributed by atoms with Gasteiger partial charge in [-0.05, 0) is 12.3 Å². The van der Waals surface area contributed by atoms with E-state index in [1.807, 2.05) is 4.90 Å². The summed E-state index contributed by atoms with van der Waals surface area (Å²) < 4.78 is 0. The standard InChI is InChI=1S/C12H24N2O.ClH/c1-10(2)9-12(3,4)11(15)14-7-5-13-6-8-14;/h10,13H,5-9H2,1-4H3;1H. The van der Waals surface area contributed by atoms with Gasteiger partial charge in [0.25, 0.3) is 0 Å². The summed E-state index contributed by atoms with van der Waals surface area (Å²) in [6.45, 7) is 12.1. The molecule has 0 aromatic rings. The van der Waals surface area contributed by atoms with Gasteiger partial charge in [-0.25, -0.2) is 0 Å². The number of halogens is 1. The lowest BCUT2D eigenvalue weighted by atomic mass is 9.82. The van der Waals surface area contributed by atoms with Gasteiger partial charge in [-0.3, -0.25) is 4.79 Å². The van der Waals surface area contributed by atoms with Crippen LogP contribution in [0, 0.1) is 11.3 Å². The maximum Gasteiger partial charge on any atom is 0.228 e. The zero-order valence-corrected chi connectivity index (χ0v) is 11.7. The predicted molar refractivity (Wildman–Crippen MR) is 69.9 cm³/mol. The van der Waals surface area contributed by atoms with Crippen LogP contribution in [-0.2, 0) is 4.79 Å². The monoisotopic (exact) mass is 248 g/mol. The van der Waals surface area contributed by atoms with Crippen LogP contribution < -0.4 is 5.32 Å². The smallest absolute Gasteiger partial charge is 0.228 e. The molecule has 0 aromatic heterocycles. The molecule has 0 spiro atoms. The minimum atomic E-state index is -0.203. The Morgan fingerprint density at radius 1 is 1.31 bits per heavy atom. The molecule has 0 bridgehead atoms. The van der Waals surface area contributed by atoms with Crippen LogP contribution in [0.1, 0.15) is 34.1 Å². The summed E-state index contributed by atoms with van der Waals surface area (Å²) in [4.78, 5) is 14.3. The lowest BCUT2D eigenvalue weighted by Gasteiger charge is -2.35. The number of hydrogen-bond donors (Lipinski definition) is 1. The van der Waals surface area contributed by atoms with E-state index >= 15 is 0 Å². The fourth-order valence-electron chi connectivity index (χ4n) is 2.40. The minimum absolute atomic E-state index is 0. The van der Waals surface area contributed by atoms with Crippen molar-refractivity contribution in [3.8, 4) is 0 Å². The highest BCUT2D eigenvalue weighted by molar-refractivity contribution is 5.85. The van der Waals surface area contributed by atoms with Gasteiger partial charge in [0.1, 0.15) is 0 Å². The number of rotatable bonds is 3. The van der Waals surface area contributed by atoms with Crippen molar-refractivity contribution in [2.75, 3.05) is 26.2 Å². The molecule has 1 heterocycles. The highest BCUT2D eigenvalue weighted by Gasteiger charge is 2.32. The zero-order valence-electron chi connectivity index (χ0n) is 10.9.